The van der Waals surface area contributed by atoms with Crippen molar-refractivity contribution in [3.8, 4) is 5.75 Å². The smallest absolute Gasteiger partial charge is 0.255 e. The summed E-state index contributed by atoms with van der Waals surface area (Å²) < 4.78 is 5.87. The van der Waals surface area contributed by atoms with E-state index in [4.69, 9.17) is 4.74 Å². The van der Waals surface area contributed by atoms with Crippen LogP contribution >= 0.6 is 0 Å². The standard InChI is InChI=1S/C19H25N3O4/c1-3-13(20-4-2)11-26-14-5-6-15-12(9-14)10-22(19(15)25)16-7-8-17(23)21-18(16)24/h5-6,9,13,16,20H,3-4,7-8,10-11H2,1-2H3,(H,21,23,24). The van der Waals surface area contributed by atoms with E-state index in [9.17, 15) is 14.4 Å². The number of hydrogen-bond acceptors (Lipinski definition) is 5. The second kappa shape index (κ2) is 7.86. The number of ether oxygens (including phenoxy) is 1. The highest BCUT2D eigenvalue weighted by Crippen LogP contribution is 2.30. The molecule has 2 heterocycles. The fourth-order valence-electron chi connectivity index (χ4n) is 3.45. The van der Waals surface area contributed by atoms with Crippen LogP contribution in [-0.2, 0) is 16.1 Å². The fraction of sp³-hybridized carbons (Fsp3) is 0.526. The average Bonchev–Trinajstić information content (AvgIpc) is 2.94. The van der Waals surface area contributed by atoms with Gasteiger partial charge >= 0.3 is 0 Å². The molecule has 0 saturated carbocycles. The second-order valence-electron chi connectivity index (χ2n) is 6.69. The predicted molar refractivity (Wildman–Crippen MR) is 95.7 cm³/mol. The first-order valence-electron chi connectivity index (χ1n) is 9.17. The van der Waals surface area contributed by atoms with Crippen LogP contribution in [0.4, 0.5) is 0 Å². The molecular formula is C19H25N3O4. The van der Waals surface area contributed by atoms with Crippen LogP contribution in [0.1, 0.15) is 49.0 Å². The third-order valence-corrected chi connectivity index (χ3v) is 4.93. The molecule has 2 N–H and O–H groups in total. The molecule has 3 rings (SSSR count). The molecule has 2 atom stereocenters. The van der Waals surface area contributed by atoms with E-state index in [1.165, 1.54) is 0 Å². The Morgan fingerprint density at radius 3 is 2.81 bits per heavy atom. The number of carbonyl (C=O) groups excluding carboxylic acids is 3. The molecule has 2 unspecified atom stereocenters. The molecule has 0 radical (unpaired) electrons. The van der Waals surface area contributed by atoms with E-state index in [-0.39, 0.29) is 24.3 Å². The predicted octanol–water partition coefficient (Wildman–Crippen LogP) is 1.21. The lowest BCUT2D eigenvalue weighted by Crippen LogP contribution is -2.52. The summed E-state index contributed by atoms with van der Waals surface area (Å²) in [5.41, 5.74) is 1.45. The Kier molecular flexibility index (Phi) is 5.56. The number of amides is 3. The zero-order chi connectivity index (χ0) is 18.7. The lowest BCUT2D eigenvalue weighted by Gasteiger charge is -2.29. The Balaban J connectivity index is 1.68. The zero-order valence-electron chi connectivity index (χ0n) is 15.2. The number of hydrogen-bond donors (Lipinski definition) is 2. The van der Waals surface area contributed by atoms with Crippen LogP contribution in [0, 0.1) is 0 Å². The molecule has 1 aromatic carbocycles. The Bertz CT molecular complexity index is 719. The number of benzene rings is 1. The first-order valence-corrected chi connectivity index (χ1v) is 9.17. The van der Waals surface area contributed by atoms with E-state index in [0.29, 0.717) is 25.1 Å². The third kappa shape index (κ3) is 3.72. The molecule has 7 nitrogen and oxygen atoms in total. The molecule has 1 fully saturated rings. The number of rotatable bonds is 7. The van der Waals surface area contributed by atoms with Crippen LogP contribution in [0.25, 0.3) is 0 Å². The topological polar surface area (TPSA) is 87.7 Å². The van der Waals surface area contributed by atoms with Gasteiger partial charge in [0.15, 0.2) is 0 Å². The van der Waals surface area contributed by atoms with Crippen LogP contribution in [0.2, 0.25) is 0 Å². The summed E-state index contributed by atoms with van der Waals surface area (Å²) in [6, 6.07) is 5.12. The normalized spacial score (nSPS) is 20.8. The maximum Gasteiger partial charge on any atom is 0.255 e. The molecule has 3 amide bonds. The van der Waals surface area contributed by atoms with Crippen molar-refractivity contribution in [3.05, 3.63) is 29.3 Å². The first kappa shape index (κ1) is 18.4. The molecule has 0 spiro atoms. The van der Waals surface area contributed by atoms with E-state index < -0.39 is 11.9 Å². The van der Waals surface area contributed by atoms with Gasteiger partial charge < -0.3 is 15.0 Å². The van der Waals surface area contributed by atoms with Crippen molar-refractivity contribution < 1.29 is 19.1 Å². The van der Waals surface area contributed by atoms with Gasteiger partial charge in [0.05, 0.1) is 0 Å². The summed E-state index contributed by atoms with van der Waals surface area (Å²) in [5, 5.41) is 5.67. The second-order valence-corrected chi connectivity index (χ2v) is 6.69. The summed E-state index contributed by atoms with van der Waals surface area (Å²) in [7, 11) is 0. The van der Waals surface area contributed by atoms with Gasteiger partial charge in [0.1, 0.15) is 18.4 Å². The molecular weight excluding hydrogens is 334 g/mol. The largest absolute Gasteiger partial charge is 0.492 e. The van der Waals surface area contributed by atoms with Gasteiger partial charge in [0.25, 0.3) is 5.91 Å². The molecule has 7 heteroatoms. The summed E-state index contributed by atoms with van der Waals surface area (Å²) in [6.07, 6.45) is 1.60. The molecule has 1 saturated heterocycles. The van der Waals surface area contributed by atoms with Gasteiger partial charge in [0.2, 0.25) is 11.8 Å². The maximum absolute atomic E-state index is 12.6. The van der Waals surface area contributed by atoms with E-state index in [0.717, 1.165) is 24.3 Å². The van der Waals surface area contributed by atoms with E-state index >= 15 is 0 Å². The fourth-order valence-corrected chi connectivity index (χ4v) is 3.45. The average molecular weight is 359 g/mol. The third-order valence-electron chi connectivity index (χ3n) is 4.93. The minimum atomic E-state index is -0.588. The zero-order valence-corrected chi connectivity index (χ0v) is 15.2. The van der Waals surface area contributed by atoms with E-state index in [2.05, 4.69) is 24.5 Å². The van der Waals surface area contributed by atoms with Crippen molar-refractivity contribution in [1.29, 1.82) is 0 Å². The van der Waals surface area contributed by atoms with Crippen LogP contribution in [0.3, 0.4) is 0 Å². The molecule has 0 bridgehead atoms. The molecule has 140 valence electrons. The minimum absolute atomic E-state index is 0.167. The number of nitrogens with zero attached hydrogens (tertiary/aromatic N) is 1. The molecule has 0 aromatic heterocycles. The quantitative estimate of drug-likeness (QED) is 0.715. The molecule has 0 aliphatic carbocycles. The van der Waals surface area contributed by atoms with Crippen LogP contribution < -0.4 is 15.4 Å². The summed E-state index contributed by atoms with van der Waals surface area (Å²) >= 11 is 0. The highest BCUT2D eigenvalue weighted by molar-refractivity contribution is 6.05. The minimum Gasteiger partial charge on any atom is -0.492 e. The van der Waals surface area contributed by atoms with Crippen molar-refractivity contribution in [2.45, 2.75) is 51.7 Å². The SMILES string of the molecule is CCNC(CC)COc1ccc2c(c1)CN(C1CCC(=O)NC1=O)C2=O. The lowest BCUT2D eigenvalue weighted by atomic mass is 10.0. The van der Waals surface area contributed by atoms with Gasteiger partial charge in [-0.3, -0.25) is 19.7 Å². The molecule has 2 aliphatic heterocycles. The van der Waals surface area contributed by atoms with Crippen molar-refractivity contribution in [2.24, 2.45) is 0 Å². The first-order chi connectivity index (χ1) is 12.5. The molecule has 1 aromatic rings. The Labute approximate surface area is 153 Å². The number of carbonyl (C=O) groups is 3. The number of piperidine rings is 1. The number of fused-ring (bicyclic) bond motifs is 1. The molecule has 26 heavy (non-hydrogen) atoms. The Morgan fingerprint density at radius 2 is 2.12 bits per heavy atom. The maximum atomic E-state index is 12.6. The van der Waals surface area contributed by atoms with Gasteiger partial charge in [-0.25, -0.2) is 0 Å². The van der Waals surface area contributed by atoms with Gasteiger partial charge in [-0.15, -0.1) is 0 Å². The lowest BCUT2D eigenvalue weighted by molar-refractivity contribution is -0.136. The van der Waals surface area contributed by atoms with Gasteiger partial charge in [-0.05, 0) is 43.1 Å². The van der Waals surface area contributed by atoms with Crippen molar-refractivity contribution >= 4 is 17.7 Å². The number of likely N-dealkylation sites (N-methyl/N-ethyl adjacent to an activating group) is 1. The summed E-state index contributed by atoms with van der Waals surface area (Å²) in [4.78, 5) is 37.6. The van der Waals surface area contributed by atoms with Crippen LogP contribution in [-0.4, -0.2) is 47.9 Å². The van der Waals surface area contributed by atoms with E-state index in [1.54, 1.807) is 17.0 Å². The molecule has 2 aliphatic rings. The van der Waals surface area contributed by atoms with Gasteiger partial charge in [-0.2, -0.15) is 0 Å². The highest BCUT2D eigenvalue weighted by Gasteiger charge is 2.39. The Hall–Kier alpha value is -2.41. The van der Waals surface area contributed by atoms with Gasteiger partial charge in [-0.1, -0.05) is 13.8 Å². The number of nitrogens with one attached hydrogen (secondary N) is 2. The van der Waals surface area contributed by atoms with E-state index in [1.807, 2.05) is 6.07 Å². The highest BCUT2D eigenvalue weighted by atomic mass is 16.5. The monoisotopic (exact) mass is 359 g/mol. The van der Waals surface area contributed by atoms with Crippen molar-refractivity contribution in [3.63, 3.8) is 0 Å². The summed E-state index contributed by atoms with van der Waals surface area (Å²) in [6.45, 7) is 5.99. The Morgan fingerprint density at radius 1 is 1.31 bits per heavy atom. The van der Waals surface area contributed by atoms with Crippen LogP contribution in [0.15, 0.2) is 18.2 Å². The number of imide groups is 1. The summed E-state index contributed by atoms with van der Waals surface area (Å²) in [5.74, 6) is -0.120. The van der Waals surface area contributed by atoms with Crippen molar-refractivity contribution in [2.75, 3.05) is 13.2 Å². The van der Waals surface area contributed by atoms with Crippen LogP contribution in [0.5, 0.6) is 5.75 Å². The van der Waals surface area contributed by atoms with Gasteiger partial charge in [0, 0.05) is 24.6 Å². The van der Waals surface area contributed by atoms with Crippen molar-refractivity contribution in [1.82, 2.24) is 15.5 Å².